The number of amides is 1. The summed E-state index contributed by atoms with van der Waals surface area (Å²) in [7, 11) is 3.54. The molecule has 6 rings (SSSR count). The molecular weight excluding hydrogens is 510 g/mol. The smallest absolute Gasteiger partial charge is 0.238 e. The maximum Gasteiger partial charge on any atom is 0.238 e. The Morgan fingerprint density at radius 1 is 1.00 bits per heavy atom. The van der Waals surface area contributed by atoms with Crippen LogP contribution in [0.3, 0.4) is 0 Å². The minimum atomic E-state index is -0.679. The highest BCUT2D eigenvalue weighted by molar-refractivity contribution is 6.31. The van der Waals surface area contributed by atoms with E-state index in [1.807, 2.05) is 60.6 Å². The van der Waals surface area contributed by atoms with Gasteiger partial charge in [-0.3, -0.25) is 14.4 Å². The van der Waals surface area contributed by atoms with Crippen molar-refractivity contribution in [2.75, 3.05) is 12.0 Å². The first kappa shape index (κ1) is 25.6. The van der Waals surface area contributed by atoms with Gasteiger partial charge in [-0.1, -0.05) is 65.3 Å². The molecule has 7 nitrogen and oxygen atoms in total. The second-order valence-electron chi connectivity index (χ2n) is 10.7. The van der Waals surface area contributed by atoms with E-state index in [1.54, 1.807) is 11.8 Å². The predicted molar refractivity (Wildman–Crippen MR) is 152 cm³/mol. The van der Waals surface area contributed by atoms with Gasteiger partial charge < -0.3 is 9.64 Å². The van der Waals surface area contributed by atoms with Gasteiger partial charge in [0.15, 0.2) is 0 Å². The number of halogens is 1. The number of anilines is 1. The van der Waals surface area contributed by atoms with Gasteiger partial charge in [-0.2, -0.15) is 0 Å². The Balaban J connectivity index is 1.40. The summed E-state index contributed by atoms with van der Waals surface area (Å²) < 4.78 is 7.07. The van der Waals surface area contributed by atoms with Crippen LogP contribution in [0, 0.1) is 0 Å². The van der Waals surface area contributed by atoms with E-state index < -0.39 is 5.41 Å². The molecule has 200 valence electrons. The van der Waals surface area contributed by atoms with E-state index >= 15 is 0 Å². The van der Waals surface area contributed by atoms with Gasteiger partial charge in [0.1, 0.15) is 5.75 Å². The van der Waals surface area contributed by atoms with Crippen LogP contribution < -0.4 is 9.64 Å². The molecule has 1 amide bonds. The first-order valence-corrected chi connectivity index (χ1v) is 13.7. The molecular formula is C31H32ClN5O2. The Bertz CT molecular complexity index is 1490. The third kappa shape index (κ3) is 4.60. The molecule has 2 aliphatic heterocycles. The van der Waals surface area contributed by atoms with Crippen molar-refractivity contribution in [2.24, 2.45) is 7.05 Å². The quantitative estimate of drug-likeness (QED) is 0.314. The van der Waals surface area contributed by atoms with Crippen LogP contribution in [0.4, 0.5) is 5.69 Å². The van der Waals surface area contributed by atoms with Crippen molar-refractivity contribution in [1.82, 2.24) is 19.9 Å². The molecule has 1 aromatic heterocycles. The fourth-order valence-corrected chi connectivity index (χ4v) is 6.56. The molecule has 0 saturated carbocycles. The van der Waals surface area contributed by atoms with E-state index in [9.17, 15) is 4.79 Å². The lowest BCUT2D eigenvalue weighted by atomic mass is 9.68. The number of aromatic nitrogens is 3. The zero-order valence-electron chi connectivity index (χ0n) is 22.4. The molecule has 1 fully saturated rings. The molecule has 3 unspecified atom stereocenters. The minimum Gasteiger partial charge on any atom is -0.497 e. The highest BCUT2D eigenvalue weighted by Crippen LogP contribution is 2.54. The van der Waals surface area contributed by atoms with Gasteiger partial charge in [0.2, 0.25) is 5.91 Å². The van der Waals surface area contributed by atoms with Crippen LogP contribution in [0.25, 0.3) is 0 Å². The summed E-state index contributed by atoms with van der Waals surface area (Å²) in [5, 5.41) is 9.41. The Kier molecular flexibility index (Phi) is 6.65. The van der Waals surface area contributed by atoms with Gasteiger partial charge in [0.05, 0.1) is 30.8 Å². The highest BCUT2D eigenvalue weighted by atomic mass is 35.5. The zero-order valence-corrected chi connectivity index (χ0v) is 23.2. The van der Waals surface area contributed by atoms with Crippen molar-refractivity contribution in [3.8, 4) is 5.75 Å². The molecule has 4 aromatic rings. The molecule has 1 saturated heterocycles. The molecule has 3 heterocycles. The lowest BCUT2D eigenvalue weighted by molar-refractivity contribution is -0.127. The monoisotopic (exact) mass is 541 g/mol. The standard InChI is InChI=1S/C31H32ClN5O2/c1-21-16-31(17-29(27-20-35(2)34-33-27)36(21)18-22-7-5-4-6-8-22)26-14-11-24(32)15-28(26)37(30(31)38)19-23-9-12-25(39-3)13-10-23/h4-15,20-21,29H,16-19H2,1-3H3. The summed E-state index contributed by atoms with van der Waals surface area (Å²) in [4.78, 5) is 19.0. The minimum absolute atomic E-state index is 0.0731. The van der Waals surface area contributed by atoms with E-state index in [0.29, 0.717) is 24.4 Å². The summed E-state index contributed by atoms with van der Waals surface area (Å²) >= 11 is 6.49. The lowest BCUT2D eigenvalue weighted by Gasteiger charge is -2.47. The first-order valence-electron chi connectivity index (χ1n) is 13.3. The number of carbonyl (C=O) groups excluding carboxylic acids is 1. The number of nitrogens with zero attached hydrogens (tertiary/aromatic N) is 5. The topological polar surface area (TPSA) is 63.5 Å². The van der Waals surface area contributed by atoms with Crippen LogP contribution in [-0.4, -0.2) is 39.0 Å². The maximum atomic E-state index is 14.6. The van der Waals surface area contributed by atoms with Gasteiger partial charge in [-0.25, -0.2) is 0 Å². The van der Waals surface area contributed by atoms with Crippen LogP contribution in [0.2, 0.25) is 5.02 Å². The zero-order chi connectivity index (χ0) is 27.1. The average molecular weight is 542 g/mol. The van der Waals surface area contributed by atoms with Crippen LogP contribution in [0.1, 0.15) is 48.2 Å². The number of methoxy groups -OCH3 is 1. The molecule has 0 radical (unpaired) electrons. The number of likely N-dealkylation sites (tertiary alicyclic amines) is 1. The second-order valence-corrected chi connectivity index (χ2v) is 11.2. The molecule has 1 spiro atoms. The number of rotatable bonds is 6. The van der Waals surface area contributed by atoms with Gasteiger partial charge in [-0.15, -0.1) is 5.10 Å². The summed E-state index contributed by atoms with van der Waals surface area (Å²) in [5.41, 5.74) is 4.42. The van der Waals surface area contributed by atoms with E-state index in [-0.39, 0.29) is 18.0 Å². The predicted octanol–water partition coefficient (Wildman–Crippen LogP) is 5.69. The van der Waals surface area contributed by atoms with Gasteiger partial charge in [-0.05, 0) is 60.7 Å². The third-order valence-corrected chi connectivity index (χ3v) is 8.48. The molecule has 0 aliphatic carbocycles. The van der Waals surface area contributed by atoms with Crippen molar-refractivity contribution < 1.29 is 9.53 Å². The van der Waals surface area contributed by atoms with Crippen LogP contribution in [0.5, 0.6) is 5.75 Å². The average Bonchev–Trinajstić information content (AvgIpc) is 3.46. The van der Waals surface area contributed by atoms with Crippen molar-refractivity contribution in [3.63, 3.8) is 0 Å². The first-order chi connectivity index (χ1) is 18.9. The SMILES string of the molecule is COc1ccc(CN2C(=O)C3(CC(C)N(Cc4ccccc4)C(c4cn(C)nn4)C3)c3ccc(Cl)cc32)cc1. The Morgan fingerprint density at radius 3 is 2.44 bits per heavy atom. The molecule has 0 N–H and O–H groups in total. The number of benzene rings is 3. The number of hydrogen-bond donors (Lipinski definition) is 0. The van der Waals surface area contributed by atoms with E-state index in [2.05, 4.69) is 52.5 Å². The summed E-state index contributed by atoms with van der Waals surface area (Å²) in [6, 6.07) is 24.3. The second kappa shape index (κ2) is 10.1. The van der Waals surface area contributed by atoms with Crippen molar-refractivity contribution in [1.29, 1.82) is 0 Å². The summed E-state index contributed by atoms with van der Waals surface area (Å²) in [6.45, 7) is 3.47. The van der Waals surface area contributed by atoms with Crippen molar-refractivity contribution >= 4 is 23.2 Å². The number of fused-ring (bicyclic) bond motifs is 2. The molecule has 8 heteroatoms. The fraction of sp³-hybridized carbons (Fsp3) is 0.323. The van der Waals surface area contributed by atoms with Crippen LogP contribution in [0.15, 0.2) is 79.0 Å². The van der Waals surface area contributed by atoms with E-state index in [4.69, 9.17) is 16.3 Å². The van der Waals surface area contributed by atoms with Gasteiger partial charge in [0, 0.05) is 36.5 Å². The van der Waals surface area contributed by atoms with Crippen molar-refractivity contribution in [2.45, 2.75) is 50.4 Å². The molecule has 3 atom stereocenters. The fourth-order valence-electron chi connectivity index (χ4n) is 6.39. The Labute approximate surface area is 233 Å². The molecule has 3 aromatic carbocycles. The number of ether oxygens (including phenoxy) is 1. The number of carbonyl (C=O) groups is 1. The normalized spacial score (nSPS) is 22.9. The summed E-state index contributed by atoms with van der Waals surface area (Å²) in [6.07, 6.45) is 3.31. The maximum absolute atomic E-state index is 14.6. The third-order valence-electron chi connectivity index (χ3n) is 8.24. The Morgan fingerprint density at radius 2 is 1.74 bits per heavy atom. The highest BCUT2D eigenvalue weighted by Gasteiger charge is 2.56. The van der Waals surface area contributed by atoms with Gasteiger partial charge in [0.25, 0.3) is 0 Å². The molecule has 0 bridgehead atoms. The lowest BCUT2D eigenvalue weighted by Crippen LogP contribution is -2.53. The van der Waals surface area contributed by atoms with Crippen LogP contribution in [-0.2, 0) is 30.3 Å². The molecule has 2 aliphatic rings. The largest absolute Gasteiger partial charge is 0.497 e. The number of piperidine rings is 1. The summed E-state index contributed by atoms with van der Waals surface area (Å²) in [5.74, 6) is 0.911. The van der Waals surface area contributed by atoms with Crippen LogP contribution >= 0.6 is 11.6 Å². The Hall–Kier alpha value is -3.68. The number of aryl methyl sites for hydroxylation is 1. The van der Waals surface area contributed by atoms with E-state index in [1.165, 1.54) is 5.56 Å². The number of hydrogen-bond acceptors (Lipinski definition) is 5. The van der Waals surface area contributed by atoms with E-state index in [0.717, 1.165) is 34.8 Å². The molecule has 39 heavy (non-hydrogen) atoms. The van der Waals surface area contributed by atoms with Crippen molar-refractivity contribution in [3.05, 3.63) is 106 Å². The van der Waals surface area contributed by atoms with Gasteiger partial charge >= 0.3 is 0 Å².